The highest BCUT2D eigenvalue weighted by molar-refractivity contribution is 6.30. The second kappa shape index (κ2) is 6.61. The first-order chi connectivity index (χ1) is 7.61. The van der Waals surface area contributed by atoms with E-state index in [1.807, 2.05) is 6.92 Å². The number of nitrogens with one attached hydrogen (secondary N) is 1. The van der Waals surface area contributed by atoms with E-state index in [1.165, 1.54) is 0 Å². The van der Waals surface area contributed by atoms with Gasteiger partial charge in [-0.2, -0.15) is 0 Å². The molecule has 3 nitrogen and oxygen atoms in total. The van der Waals surface area contributed by atoms with Crippen molar-refractivity contribution in [2.45, 2.75) is 18.7 Å². The molecule has 0 saturated carbocycles. The number of ether oxygens (including phenoxy) is 1. The van der Waals surface area contributed by atoms with Crippen molar-refractivity contribution < 1.29 is 9.53 Å². The van der Waals surface area contributed by atoms with Crippen molar-refractivity contribution >= 4 is 35.0 Å². The summed E-state index contributed by atoms with van der Waals surface area (Å²) in [5.74, 6) is 0. The number of hydrogen-bond donors (Lipinski definition) is 1. The van der Waals surface area contributed by atoms with Crippen LogP contribution in [0.1, 0.15) is 13.3 Å². The summed E-state index contributed by atoms with van der Waals surface area (Å²) >= 11 is 11.6. The summed E-state index contributed by atoms with van der Waals surface area (Å²) < 4.78 is 4.91. The van der Waals surface area contributed by atoms with Gasteiger partial charge in [0.25, 0.3) is 0 Å². The first-order valence-electron chi connectivity index (χ1n) is 4.95. The standard InChI is InChI=1S/C11H13Cl2NO2/c1-2-8(12)7-16-11(15)14-10-5-3-4-9(13)6-10/h3-6,8H,2,7H2,1H3,(H,14,15). The lowest BCUT2D eigenvalue weighted by molar-refractivity contribution is 0.161. The molecule has 88 valence electrons. The summed E-state index contributed by atoms with van der Waals surface area (Å²) in [6.07, 6.45) is 0.229. The van der Waals surface area contributed by atoms with Gasteiger partial charge in [0.15, 0.2) is 0 Å². The van der Waals surface area contributed by atoms with E-state index in [9.17, 15) is 4.79 Å². The fraction of sp³-hybridized carbons (Fsp3) is 0.364. The first kappa shape index (κ1) is 13.1. The number of rotatable bonds is 4. The third-order valence-corrected chi connectivity index (χ3v) is 2.58. The number of halogens is 2. The molecule has 0 bridgehead atoms. The van der Waals surface area contributed by atoms with Crippen LogP contribution in [-0.4, -0.2) is 18.1 Å². The van der Waals surface area contributed by atoms with Gasteiger partial charge in [0, 0.05) is 10.7 Å². The minimum Gasteiger partial charge on any atom is -0.448 e. The van der Waals surface area contributed by atoms with E-state index in [-0.39, 0.29) is 12.0 Å². The molecule has 0 aliphatic carbocycles. The Kier molecular flexibility index (Phi) is 5.43. The third kappa shape index (κ3) is 4.73. The minimum atomic E-state index is -0.527. The summed E-state index contributed by atoms with van der Waals surface area (Å²) in [5.41, 5.74) is 0.597. The van der Waals surface area contributed by atoms with Crippen molar-refractivity contribution in [2.75, 3.05) is 11.9 Å². The topological polar surface area (TPSA) is 38.3 Å². The molecule has 1 amide bonds. The monoisotopic (exact) mass is 261 g/mol. The molecule has 0 aliphatic rings. The maximum Gasteiger partial charge on any atom is 0.411 e. The molecule has 0 saturated heterocycles. The zero-order chi connectivity index (χ0) is 12.0. The highest BCUT2D eigenvalue weighted by Gasteiger charge is 2.07. The maximum absolute atomic E-state index is 11.3. The maximum atomic E-state index is 11.3. The van der Waals surface area contributed by atoms with Crippen LogP contribution in [0.2, 0.25) is 5.02 Å². The number of benzene rings is 1. The van der Waals surface area contributed by atoms with Crippen molar-refractivity contribution in [3.63, 3.8) is 0 Å². The Hall–Kier alpha value is -0.930. The van der Waals surface area contributed by atoms with Gasteiger partial charge in [0.1, 0.15) is 6.61 Å². The minimum absolute atomic E-state index is 0.148. The van der Waals surface area contributed by atoms with E-state index in [2.05, 4.69) is 5.32 Å². The molecule has 1 unspecified atom stereocenters. The largest absolute Gasteiger partial charge is 0.448 e. The number of hydrogen-bond acceptors (Lipinski definition) is 2. The van der Waals surface area contributed by atoms with Gasteiger partial charge in [0.05, 0.1) is 5.38 Å². The lowest BCUT2D eigenvalue weighted by Gasteiger charge is -2.09. The molecule has 0 radical (unpaired) electrons. The van der Waals surface area contributed by atoms with E-state index in [1.54, 1.807) is 24.3 Å². The Morgan fingerprint density at radius 2 is 2.31 bits per heavy atom. The van der Waals surface area contributed by atoms with Crippen molar-refractivity contribution in [3.05, 3.63) is 29.3 Å². The second-order valence-corrected chi connectivity index (χ2v) is 4.29. The van der Waals surface area contributed by atoms with Crippen molar-refractivity contribution in [1.29, 1.82) is 0 Å². The van der Waals surface area contributed by atoms with Crippen LogP contribution in [0.4, 0.5) is 10.5 Å². The van der Waals surface area contributed by atoms with E-state index in [0.717, 1.165) is 6.42 Å². The molecule has 1 rings (SSSR count). The molecule has 0 fully saturated rings. The number of carbonyl (C=O) groups is 1. The van der Waals surface area contributed by atoms with Crippen LogP contribution in [0, 0.1) is 0 Å². The summed E-state index contributed by atoms with van der Waals surface area (Å²) in [7, 11) is 0. The van der Waals surface area contributed by atoms with Gasteiger partial charge in [-0.3, -0.25) is 5.32 Å². The van der Waals surface area contributed by atoms with E-state index in [0.29, 0.717) is 10.7 Å². The highest BCUT2D eigenvalue weighted by Crippen LogP contribution is 2.15. The molecule has 16 heavy (non-hydrogen) atoms. The molecule has 1 atom stereocenters. The molecule has 0 aromatic heterocycles. The predicted octanol–water partition coefficient (Wildman–Crippen LogP) is 3.91. The molecular weight excluding hydrogens is 249 g/mol. The fourth-order valence-corrected chi connectivity index (χ4v) is 1.26. The van der Waals surface area contributed by atoms with Gasteiger partial charge in [-0.15, -0.1) is 11.6 Å². The van der Waals surface area contributed by atoms with Crippen molar-refractivity contribution in [2.24, 2.45) is 0 Å². The summed E-state index contributed by atoms with van der Waals surface area (Å²) in [6, 6.07) is 6.84. The molecule has 5 heteroatoms. The third-order valence-electron chi connectivity index (χ3n) is 1.91. The first-order valence-corrected chi connectivity index (χ1v) is 5.76. The van der Waals surface area contributed by atoms with Crippen LogP contribution >= 0.6 is 23.2 Å². The molecule has 1 aromatic carbocycles. The molecular formula is C11H13Cl2NO2. The average Bonchev–Trinajstić information content (AvgIpc) is 2.26. The van der Waals surface area contributed by atoms with E-state index >= 15 is 0 Å². The van der Waals surface area contributed by atoms with Gasteiger partial charge in [0.2, 0.25) is 0 Å². The number of amides is 1. The summed E-state index contributed by atoms with van der Waals surface area (Å²) in [4.78, 5) is 11.3. The molecule has 0 spiro atoms. The quantitative estimate of drug-likeness (QED) is 0.835. The number of anilines is 1. The lowest BCUT2D eigenvalue weighted by atomic mass is 10.3. The number of alkyl halides is 1. The zero-order valence-electron chi connectivity index (χ0n) is 8.87. The molecule has 0 aliphatic heterocycles. The number of carbonyl (C=O) groups excluding carboxylic acids is 1. The van der Waals surface area contributed by atoms with Crippen LogP contribution in [-0.2, 0) is 4.74 Å². The molecule has 1 N–H and O–H groups in total. The van der Waals surface area contributed by atoms with Crippen LogP contribution in [0.15, 0.2) is 24.3 Å². The van der Waals surface area contributed by atoms with Crippen LogP contribution < -0.4 is 5.32 Å². The summed E-state index contributed by atoms with van der Waals surface area (Å²) in [5, 5.41) is 2.97. The Morgan fingerprint density at radius 1 is 1.56 bits per heavy atom. The SMILES string of the molecule is CCC(Cl)COC(=O)Nc1cccc(Cl)c1. The summed E-state index contributed by atoms with van der Waals surface area (Å²) in [6.45, 7) is 2.13. The van der Waals surface area contributed by atoms with Gasteiger partial charge < -0.3 is 4.74 Å². The Morgan fingerprint density at radius 3 is 2.94 bits per heavy atom. The Bertz CT molecular complexity index is 358. The van der Waals surface area contributed by atoms with Crippen LogP contribution in [0.3, 0.4) is 0 Å². The normalized spacial score (nSPS) is 11.9. The smallest absolute Gasteiger partial charge is 0.411 e. The van der Waals surface area contributed by atoms with Gasteiger partial charge in [-0.25, -0.2) is 4.79 Å². The Labute approximate surface area is 105 Å². The fourth-order valence-electron chi connectivity index (χ4n) is 1.00. The highest BCUT2D eigenvalue weighted by atomic mass is 35.5. The van der Waals surface area contributed by atoms with Crippen LogP contribution in [0.25, 0.3) is 0 Å². The van der Waals surface area contributed by atoms with Crippen molar-refractivity contribution in [1.82, 2.24) is 0 Å². The lowest BCUT2D eigenvalue weighted by Crippen LogP contribution is -2.18. The zero-order valence-corrected chi connectivity index (χ0v) is 10.4. The van der Waals surface area contributed by atoms with E-state index < -0.39 is 6.09 Å². The van der Waals surface area contributed by atoms with Crippen molar-refractivity contribution in [3.8, 4) is 0 Å². The van der Waals surface area contributed by atoms with E-state index in [4.69, 9.17) is 27.9 Å². The van der Waals surface area contributed by atoms with Gasteiger partial charge >= 0.3 is 6.09 Å². The Balaban J connectivity index is 2.40. The van der Waals surface area contributed by atoms with Gasteiger partial charge in [-0.05, 0) is 24.6 Å². The van der Waals surface area contributed by atoms with Crippen LogP contribution in [0.5, 0.6) is 0 Å². The average molecular weight is 262 g/mol. The molecule has 0 heterocycles. The second-order valence-electron chi connectivity index (χ2n) is 3.24. The molecule has 1 aromatic rings. The van der Waals surface area contributed by atoms with Gasteiger partial charge in [-0.1, -0.05) is 24.6 Å². The predicted molar refractivity (Wildman–Crippen MR) is 66.4 cm³/mol.